The average molecular weight is 369 g/mol. The van der Waals surface area contributed by atoms with Crippen LogP contribution < -0.4 is 5.32 Å². The third-order valence-electron chi connectivity index (χ3n) is 3.79. The van der Waals surface area contributed by atoms with Gasteiger partial charge in [0.05, 0.1) is 12.8 Å². The number of benzene rings is 1. The Kier molecular flexibility index (Phi) is 5.18. The number of thiazole rings is 1. The summed E-state index contributed by atoms with van der Waals surface area (Å²) in [6.07, 6.45) is 1.56. The summed E-state index contributed by atoms with van der Waals surface area (Å²) in [5.41, 5.74) is 2.15. The SMILES string of the molecule is Cc1ccc(NC(=O)CN(C)C(=O)c2nc(-c3ccco3)sc2C)cc1. The lowest BCUT2D eigenvalue weighted by Crippen LogP contribution is -2.35. The van der Waals surface area contributed by atoms with Crippen molar-refractivity contribution in [1.82, 2.24) is 9.88 Å². The molecule has 0 radical (unpaired) electrons. The second-order valence-corrected chi connectivity index (χ2v) is 7.18. The first kappa shape index (κ1) is 17.9. The lowest BCUT2D eigenvalue weighted by molar-refractivity contribution is -0.116. The summed E-state index contributed by atoms with van der Waals surface area (Å²) >= 11 is 1.39. The highest BCUT2D eigenvalue weighted by molar-refractivity contribution is 7.15. The zero-order chi connectivity index (χ0) is 18.7. The van der Waals surface area contributed by atoms with E-state index in [2.05, 4.69) is 10.3 Å². The summed E-state index contributed by atoms with van der Waals surface area (Å²) in [5.74, 6) is 0.0661. The Labute approximate surface area is 155 Å². The summed E-state index contributed by atoms with van der Waals surface area (Å²) in [7, 11) is 1.59. The van der Waals surface area contributed by atoms with Crippen molar-refractivity contribution in [3.8, 4) is 10.8 Å². The lowest BCUT2D eigenvalue weighted by Gasteiger charge is -2.16. The number of hydrogen-bond donors (Lipinski definition) is 1. The van der Waals surface area contributed by atoms with Gasteiger partial charge in [-0.25, -0.2) is 4.98 Å². The number of hydrogen-bond acceptors (Lipinski definition) is 5. The number of carbonyl (C=O) groups excluding carboxylic acids is 2. The molecule has 0 saturated carbocycles. The highest BCUT2D eigenvalue weighted by atomic mass is 32.1. The van der Waals surface area contributed by atoms with E-state index in [9.17, 15) is 9.59 Å². The second kappa shape index (κ2) is 7.53. The number of aryl methyl sites for hydroxylation is 2. The number of aromatic nitrogens is 1. The Balaban J connectivity index is 1.66. The molecule has 0 aliphatic heterocycles. The van der Waals surface area contributed by atoms with Crippen LogP contribution in [0.1, 0.15) is 20.9 Å². The fraction of sp³-hybridized carbons (Fsp3) is 0.211. The van der Waals surface area contributed by atoms with Crippen molar-refractivity contribution < 1.29 is 14.0 Å². The molecule has 2 heterocycles. The highest BCUT2D eigenvalue weighted by Crippen LogP contribution is 2.28. The number of carbonyl (C=O) groups is 2. The maximum atomic E-state index is 12.6. The highest BCUT2D eigenvalue weighted by Gasteiger charge is 2.22. The van der Waals surface area contributed by atoms with Gasteiger partial charge in [0.2, 0.25) is 5.91 Å². The number of anilines is 1. The van der Waals surface area contributed by atoms with E-state index in [1.165, 1.54) is 16.2 Å². The Bertz CT molecular complexity index is 914. The van der Waals surface area contributed by atoms with Crippen LogP contribution in [-0.4, -0.2) is 35.3 Å². The normalized spacial score (nSPS) is 10.6. The average Bonchev–Trinajstić information content (AvgIpc) is 3.25. The molecule has 0 unspecified atom stereocenters. The van der Waals surface area contributed by atoms with E-state index in [0.29, 0.717) is 22.1 Å². The Morgan fingerprint density at radius 2 is 1.92 bits per heavy atom. The van der Waals surface area contributed by atoms with Gasteiger partial charge < -0.3 is 14.6 Å². The molecular weight excluding hydrogens is 350 g/mol. The predicted molar refractivity (Wildman–Crippen MR) is 101 cm³/mol. The fourth-order valence-electron chi connectivity index (χ4n) is 2.41. The fourth-order valence-corrected chi connectivity index (χ4v) is 3.28. The summed E-state index contributed by atoms with van der Waals surface area (Å²) in [5, 5.41) is 3.43. The van der Waals surface area contributed by atoms with Gasteiger partial charge in [0.1, 0.15) is 5.69 Å². The number of furan rings is 1. The molecule has 0 saturated heterocycles. The van der Waals surface area contributed by atoms with Crippen molar-refractivity contribution in [2.45, 2.75) is 13.8 Å². The van der Waals surface area contributed by atoms with E-state index >= 15 is 0 Å². The molecule has 2 aromatic heterocycles. The number of likely N-dealkylation sites (N-methyl/N-ethyl adjacent to an activating group) is 1. The molecule has 0 fully saturated rings. The molecule has 3 aromatic rings. The molecule has 0 aliphatic rings. The second-order valence-electron chi connectivity index (χ2n) is 5.98. The van der Waals surface area contributed by atoms with E-state index < -0.39 is 0 Å². The van der Waals surface area contributed by atoms with Crippen LogP contribution in [0.15, 0.2) is 47.1 Å². The molecule has 0 atom stereocenters. The van der Waals surface area contributed by atoms with E-state index in [0.717, 1.165) is 10.4 Å². The smallest absolute Gasteiger partial charge is 0.273 e. The molecule has 1 aromatic carbocycles. The van der Waals surface area contributed by atoms with E-state index in [1.807, 2.05) is 38.1 Å². The quantitative estimate of drug-likeness (QED) is 0.743. The molecular formula is C19H19N3O3S. The minimum Gasteiger partial charge on any atom is -0.462 e. The number of nitrogens with zero attached hydrogens (tertiary/aromatic N) is 2. The molecule has 1 N–H and O–H groups in total. The predicted octanol–water partition coefficient (Wildman–Crippen LogP) is 3.73. The van der Waals surface area contributed by atoms with Crippen LogP contribution in [0.4, 0.5) is 5.69 Å². The van der Waals surface area contributed by atoms with Crippen LogP contribution in [-0.2, 0) is 4.79 Å². The van der Waals surface area contributed by atoms with Crippen LogP contribution >= 0.6 is 11.3 Å². The molecule has 7 heteroatoms. The van der Waals surface area contributed by atoms with Crippen molar-refractivity contribution in [1.29, 1.82) is 0 Å². The topological polar surface area (TPSA) is 75.4 Å². The van der Waals surface area contributed by atoms with Gasteiger partial charge in [-0.1, -0.05) is 17.7 Å². The molecule has 0 aliphatic carbocycles. The summed E-state index contributed by atoms with van der Waals surface area (Å²) in [6.45, 7) is 3.75. The molecule has 0 bridgehead atoms. The summed E-state index contributed by atoms with van der Waals surface area (Å²) in [6, 6.07) is 11.1. The first-order chi connectivity index (χ1) is 12.4. The maximum absolute atomic E-state index is 12.6. The summed E-state index contributed by atoms with van der Waals surface area (Å²) in [4.78, 5) is 31.3. The van der Waals surface area contributed by atoms with Crippen molar-refractivity contribution >= 4 is 28.8 Å². The zero-order valence-corrected chi connectivity index (χ0v) is 15.6. The van der Waals surface area contributed by atoms with Gasteiger partial charge in [-0.15, -0.1) is 11.3 Å². The first-order valence-electron chi connectivity index (χ1n) is 8.07. The number of nitrogens with one attached hydrogen (secondary N) is 1. The van der Waals surface area contributed by atoms with Gasteiger partial charge in [0.25, 0.3) is 5.91 Å². The molecule has 134 valence electrons. The lowest BCUT2D eigenvalue weighted by atomic mass is 10.2. The minimum atomic E-state index is -0.296. The monoisotopic (exact) mass is 369 g/mol. The Morgan fingerprint density at radius 1 is 1.19 bits per heavy atom. The molecule has 26 heavy (non-hydrogen) atoms. The van der Waals surface area contributed by atoms with E-state index in [1.54, 1.807) is 25.4 Å². The van der Waals surface area contributed by atoms with E-state index in [4.69, 9.17) is 4.42 Å². The Morgan fingerprint density at radius 3 is 2.58 bits per heavy atom. The van der Waals surface area contributed by atoms with Gasteiger partial charge in [0.15, 0.2) is 10.8 Å². The molecule has 2 amide bonds. The standard InChI is InChI=1S/C19H19N3O3S/c1-12-6-8-14(9-7-12)20-16(23)11-22(3)19(24)17-13(2)26-18(21-17)15-5-4-10-25-15/h4-10H,11H2,1-3H3,(H,20,23). The van der Waals surface area contributed by atoms with Crippen LogP contribution in [0.5, 0.6) is 0 Å². The third-order valence-corrected chi connectivity index (χ3v) is 4.78. The largest absolute Gasteiger partial charge is 0.462 e. The maximum Gasteiger partial charge on any atom is 0.273 e. The third kappa shape index (κ3) is 4.00. The summed E-state index contributed by atoms with van der Waals surface area (Å²) < 4.78 is 5.33. The first-order valence-corrected chi connectivity index (χ1v) is 8.89. The number of rotatable bonds is 5. The number of amides is 2. The Hall–Kier alpha value is -2.93. The van der Waals surface area contributed by atoms with Crippen LogP contribution in [0.2, 0.25) is 0 Å². The van der Waals surface area contributed by atoms with Crippen LogP contribution in [0.25, 0.3) is 10.8 Å². The van der Waals surface area contributed by atoms with Crippen LogP contribution in [0.3, 0.4) is 0 Å². The van der Waals surface area contributed by atoms with E-state index in [-0.39, 0.29) is 18.4 Å². The molecule has 0 spiro atoms. The van der Waals surface area contributed by atoms with Gasteiger partial charge >= 0.3 is 0 Å². The van der Waals surface area contributed by atoms with Gasteiger partial charge in [0, 0.05) is 17.6 Å². The minimum absolute atomic E-state index is 0.0558. The molecule has 6 nitrogen and oxygen atoms in total. The molecule has 3 rings (SSSR count). The van der Waals surface area contributed by atoms with Crippen molar-refractivity contribution in [3.63, 3.8) is 0 Å². The van der Waals surface area contributed by atoms with Gasteiger partial charge in [-0.05, 0) is 38.1 Å². The van der Waals surface area contributed by atoms with Crippen LogP contribution in [0, 0.1) is 13.8 Å². The van der Waals surface area contributed by atoms with Crippen molar-refractivity contribution in [2.75, 3.05) is 18.9 Å². The van der Waals surface area contributed by atoms with Gasteiger partial charge in [-0.3, -0.25) is 9.59 Å². The zero-order valence-electron chi connectivity index (χ0n) is 14.8. The van der Waals surface area contributed by atoms with Gasteiger partial charge in [-0.2, -0.15) is 0 Å². The van der Waals surface area contributed by atoms with Crippen molar-refractivity contribution in [2.24, 2.45) is 0 Å². The van der Waals surface area contributed by atoms with Crippen molar-refractivity contribution in [3.05, 3.63) is 58.8 Å².